The molecule has 1 aliphatic heterocycles. The van der Waals surface area contributed by atoms with Crippen LogP contribution in [0.1, 0.15) is 22.6 Å². The number of aryl methyl sites for hydroxylation is 2. The minimum Gasteiger partial charge on any atom is -0.381 e. The van der Waals surface area contributed by atoms with Crippen molar-refractivity contribution in [2.45, 2.75) is 26.7 Å². The van der Waals surface area contributed by atoms with Gasteiger partial charge in [-0.15, -0.1) is 35.1 Å². The topological polar surface area (TPSA) is 77.2 Å². The first-order valence-electron chi connectivity index (χ1n) is 7.67. The number of thiophene rings is 1. The number of nitrogens with zero attached hydrogens (tertiary/aromatic N) is 1. The number of anilines is 1. The van der Waals surface area contributed by atoms with Gasteiger partial charge in [0.25, 0.3) is 0 Å². The zero-order chi connectivity index (χ0) is 16.4. The maximum absolute atomic E-state index is 12.7. The number of nitrogens with two attached hydrogens (primary N) is 1. The minimum absolute atomic E-state index is 0. The van der Waals surface area contributed by atoms with Gasteiger partial charge in [-0.1, -0.05) is 0 Å². The van der Waals surface area contributed by atoms with Crippen LogP contribution in [0.4, 0.5) is 5.13 Å². The van der Waals surface area contributed by atoms with Crippen molar-refractivity contribution in [3.05, 3.63) is 21.9 Å². The standard InChI is InChI=1S/C16H21N3O2S2.ClH/c1-10-3-4-12(22-10)13-11(2)23-15(18-13)19-14(20)16(9-17)5-7-21-8-6-16;/h3-4H,5-9,17H2,1-2H3,(H,18,19,20);1H. The Balaban J connectivity index is 0.00000208. The first-order valence-corrected chi connectivity index (χ1v) is 9.31. The zero-order valence-electron chi connectivity index (χ0n) is 13.8. The normalized spacial score (nSPS) is 16.5. The van der Waals surface area contributed by atoms with Gasteiger partial charge >= 0.3 is 0 Å². The Kier molecular flexibility index (Phi) is 6.39. The van der Waals surface area contributed by atoms with E-state index < -0.39 is 5.41 Å². The summed E-state index contributed by atoms with van der Waals surface area (Å²) >= 11 is 3.23. The van der Waals surface area contributed by atoms with Crippen molar-refractivity contribution < 1.29 is 9.53 Å². The highest BCUT2D eigenvalue weighted by atomic mass is 35.5. The highest BCUT2D eigenvalue weighted by molar-refractivity contribution is 7.18. The van der Waals surface area contributed by atoms with Crippen LogP contribution < -0.4 is 11.1 Å². The van der Waals surface area contributed by atoms with Crippen LogP contribution in [0.5, 0.6) is 0 Å². The summed E-state index contributed by atoms with van der Waals surface area (Å²) in [6.45, 7) is 5.62. The van der Waals surface area contributed by atoms with Crippen molar-refractivity contribution in [1.82, 2.24) is 4.98 Å². The predicted octanol–water partition coefficient (Wildman–Crippen LogP) is 3.60. The molecule has 1 amide bonds. The number of nitrogens with one attached hydrogen (secondary N) is 1. The van der Waals surface area contributed by atoms with Crippen LogP contribution in [-0.4, -0.2) is 30.6 Å². The Morgan fingerprint density at radius 3 is 2.62 bits per heavy atom. The number of rotatable bonds is 4. The smallest absolute Gasteiger partial charge is 0.233 e. The van der Waals surface area contributed by atoms with E-state index in [1.54, 1.807) is 11.3 Å². The lowest BCUT2D eigenvalue weighted by Crippen LogP contribution is -2.46. The zero-order valence-corrected chi connectivity index (χ0v) is 16.2. The van der Waals surface area contributed by atoms with Crippen LogP contribution in [-0.2, 0) is 9.53 Å². The van der Waals surface area contributed by atoms with E-state index in [9.17, 15) is 4.79 Å². The van der Waals surface area contributed by atoms with Gasteiger partial charge < -0.3 is 15.8 Å². The number of hydrogen-bond donors (Lipinski definition) is 2. The molecule has 0 bridgehead atoms. The second-order valence-electron chi connectivity index (χ2n) is 5.89. The van der Waals surface area contributed by atoms with Crippen LogP contribution in [0.15, 0.2) is 12.1 Å². The molecule has 0 atom stereocenters. The maximum Gasteiger partial charge on any atom is 0.233 e. The minimum atomic E-state index is -0.530. The molecule has 0 saturated carbocycles. The highest BCUT2D eigenvalue weighted by Crippen LogP contribution is 2.36. The van der Waals surface area contributed by atoms with Gasteiger partial charge in [0.1, 0.15) is 0 Å². The fourth-order valence-corrected chi connectivity index (χ4v) is 4.56. The summed E-state index contributed by atoms with van der Waals surface area (Å²) in [4.78, 5) is 20.8. The van der Waals surface area contributed by atoms with E-state index in [2.05, 4.69) is 29.4 Å². The van der Waals surface area contributed by atoms with Crippen LogP contribution in [0.3, 0.4) is 0 Å². The average molecular weight is 388 g/mol. The van der Waals surface area contributed by atoms with E-state index >= 15 is 0 Å². The summed E-state index contributed by atoms with van der Waals surface area (Å²) in [7, 11) is 0. The molecule has 0 aliphatic carbocycles. The molecule has 2 aromatic rings. The molecule has 0 aromatic carbocycles. The molecule has 2 aromatic heterocycles. The number of halogens is 1. The number of thiazole rings is 1. The second kappa shape index (κ2) is 7.93. The molecule has 1 fully saturated rings. The number of ether oxygens (including phenoxy) is 1. The Morgan fingerprint density at radius 2 is 2.04 bits per heavy atom. The SMILES string of the molecule is Cc1ccc(-c2nc(NC(=O)C3(CN)CCOCC3)sc2C)s1.Cl. The Morgan fingerprint density at radius 1 is 1.33 bits per heavy atom. The maximum atomic E-state index is 12.7. The third-order valence-corrected chi connectivity index (χ3v) is 6.21. The molecule has 3 rings (SSSR count). The van der Waals surface area contributed by atoms with E-state index in [0.717, 1.165) is 15.4 Å². The van der Waals surface area contributed by atoms with Crippen molar-refractivity contribution >= 4 is 46.1 Å². The molecule has 0 radical (unpaired) electrons. The molecular formula is C16H22ClN3O2S2. The summed E-state index contributed by atoms with van der Waals surface area (Å²) in [5, 5.41) is 3.62. The van der Waals surface area contributed by atoms with E-state index in [-0.39, 0.29) is 18.3 Å². The largest absolute Gasteiger partial charge is 0.381 e. The second-order valence-corrected chi connectivity index (χ2v) is 8.38. The summed E-state index contributed by atoms with van der Waals surface area (Å²) in [6, 6.07) is 4.16. The molecule has 3 heterocycles. The van der Waals surface area contributed by atoms with Crippen molar-refractivity contribution in [3.8, 4) is 10.6 Å². The number of carbonyl (C=O) groups is 1. The van der Waals surface area contributed by atoms with Gasteiger partial charge in [0.05, 0.1) is 16.0 Å². The van der Waals surface area contributed by atoms with Crippen LogP contribution >= 0.6 is 35.1 Å². The molecule has 132 valence electrons. The Bertz CT molecular complexity index is 708. The van der Waals surface area contributed by atoms with Gasteiger partial charge in [-0.3, -0.25) is 4.79 Å². The molecule has 1 saturated heterocycles. The van der Waals surface area contributed by atoms with Gasteiger partial charge in [-0.25, -0.2) is 4.98 Å². The van der Waals surface area contributed by atoms with Crippen LogP contribution in [0, 0.1) is 19.3 Å². The van der Waals surface area contributed by atoms with Crippen LogP contribution in [0.2, 0.25) is 0 Å². The average Bonchev–Trinajstić information content (AvgIpc) is 3.13. The third-order valence-electron chi connectivity index (χ3n) is 4.31. The molecule has 0 unspecified atom stereocenters. The number of carbonyl (C=O) groups excluding carboxylic acids is 1. The number of hydrogen-bond acceptors (Lipinski definition) is 6. The lowest BCUT2D eigenvalue weighted by atomic mass is 9.79. The number of amides is 1. The fourth-order valence-electron chi connectivity index (χ4n) is 2.76. The highest BCUT2D eigenvalue weighted by Gasteiger charge is 2.39. The van der Waals surface area contributed by atoms with E-state index in [1.165, 1.54) is 16.2 Å². The number of aromatic nitrogens is 1. The van der Waals surface area contributed by atoms with E-state index in [1.807, 2.05) is 6.92 Å². The van der Waals surface area contributed by atoms with Crippen molar-refractivity contribution in [2.24, 2.45) is 11.1 Å². The first-order chi connectivity index (χ1) is 11.0. The first kappa shape index (κ1) is 19.3. The van der Waals surface area contributed by atoms with Crippen LogP contribution in [0.25, 0.3) is 10.6 Å². The fraction of sp³-hybridized carbons (Fsp3) is 0.500. The molecule has 8 heteroatoms. The summed E-state index contributed by atoms with van der Waals surface area (Å²) < 4.78 is 5.36. The Hall–Kier alpha value is -0.990. The van der Waals surface area contributed by atoms with Crippen molar-refractivity contribution in [3.63, 3.8) is 0 Å². The van der Waals surface area contributed by atoms with Gasteiger partial charge in [-0.2, -0.15) is 0 Å². The van der Waals surface area contributed by atoms with Gasteiger partial charge in [0.15, 0.2) is 5.13 Å². The lowest BCUT2D eigenvalue weighted by Gasteiger charge is -2.34. The summed E-state index contributed by atoms with van der Waals surface area (Å²) in [6.07, 6.45) is 1.33. The molecule has 3 N–H and O–H groups in total. The molecule has 5 nitrogen and oxygen atoms in total. The van der Waals surface area contributed by atoms with Crippen molar-refractivity contribution in [1.29, 1.82) is 0 Å². The molecule has 24 heavy (non-hydrogen) atoms. The van der Waals surface area contributed by atoms with E-state index in [0.29, 0.717) is 37.7 Å². The third kappa shape index (κ3) is 3.81. The van der Waals surface area contributed by atoms with Gasteiger partial charge in [0, 0.05) is 29.5 Å². The van der Waals surface area contributed by atoms with Gasteiger partial charge in [0.2, 0.25) is 5.91 Å². The quantitative estimate of drug-likeness (QED) is 0.840. The summed E-state index contributed by atoms with van der Waals surface area (Å²) in [5.74, 6) is -0.0361. The van der Waals surface area contributed by atoms with E-state index in [4.69, 9.17) is 10.5 Å². The van der Waals surface area contributed by atoms with Gasteiger partial charge in [-0.05, 0) is 38.8 Å². The molecule has 0 spiro atoms. The lowest BCUT2D eigenvalue weighted by molar-refractivity contribution is -0.130. The predicted molar refractivity (Wildman–Crippen MR) is 102 cm³/mol. The molecular weight excluding hydrogens is 366 g/mol. The monoisotopic (exact) mass is 387 g/mol. The van der Waals surface area contributed by atoms with Crippen molar-refractivity contribution in [2.75, 3.05) is 25.1 Å². The Labute approximate surface area is 156 Å². The summed E-state index contributed by atoms with van der Waals surface area (Å²) in [5.41, 5.74) is 6.32. The molecule has 1 aliphatic rings.